The van der Waals surface area contributed by atoms with Crippen molar-refractivity contribution >= 4 is 17.3 Å². The van der Waals surface area contributed by atoms with Crippen LogP contribution >= 0.6 is 11.6 Å². The fourth-order valence-corrected chi connectivity index (χ4v) is 1.66. The molecule has 0 aromatic heterocycles. The van der Waals surface area contributed by atoms with Crippen LogP contribution in [0.3, 0.4) is 0 Å². The number of nitriles is 1. The molecule has 17 heavy (non-hydrogen) atoms. The molecule has 0 amide bonds. The lowest BCUT2D eigenvalue weighted by atomic mass is 9.99. The topological polar surface area (TPSA) is 45.0 Å². The highest BCUT2D eigenvalue weighted by molar-refractivity contribution is 6.33. The number of hydrogen-bond acceptors (Lipinski definition) is 3. The lowest BCUT2D eigenvalue weighted by molar-refractivity contribution is 0.0148. The van der Waals surface area contributed by atoms with Crippen molar-refractivity contribution in [3.05, 3.63) is 29.3 Å². The molecule has 3 nitrogen and oxygen atoms in total. The summed E-state index contributed by atoms with van der Waals surface area (Å²) in [7, 11) is 1.64. The SMILES string of the molecule is COC(C)(C)CC(C#N)Nc1ccccc1Cl. The molecule has 0 saturated heterocycles. The summed E-state index contributed by atoms with van der Waals surface area (Å²) < 4.78 is 5.31. The highest BCUT2D eigenvalue weighted by Gasteiger charge is 2.23. The molecule has 1 atom stereocenters. The first-order valence-electron chi connectivity index (χ1n) is 5.44. The Kier molecular flexibility index (Phi) is 4.80. The van der Waals surface area contributed by atoms with Crippen molar-refractivity contribution in [3.63, 3.8) is 0 Å². The molecule has 1 rings (SSSR count). The van der Waals surface area contributed by atoms with Gasteiger partial charge in [-0.2, -0.15) is 5.26 Å². The van der Waals surface area contributed by atoms with Gasteiger partial charge in [0.25, 0.3) is 0 Å². The molecule has 0 aliphatic heterocycles. The van der Waals surface area contributed by atoms with Gasteiger partial charge in [0.1, 0.15) is 6.04 Å². The molecule has 1 unspecified atom stereocenters. The number of para-hydroxylation sites is 1. The standard InChI is InChI=1S/C13H17ClN2O/c1-13(2,17-3)8-10(9-15)16-12-7-5-4-6-11(12)14/h4-7,10,16H,8H2,1-3H3. The molecule has 1 aromatic rings. The number of rotatable bonds is 5. The molecule has 92 valence electrons. The van der Waals surface area contributed by atoms with Gasteiger partial charge in [-0.25, -0.2) is 0 Å². The van der Waals surface area contributed by atoms with Gasteiger partial charge in [0.15, 0.2) is 0 Å². The molecule has 1 aromatic carbocycles. The average molecular weight is 253 g/mol. The van der Waals surface area contributed by atoms with E-state index in [1.165, 1.54) is 0 Å². The highest BCUT2D eigenvalue weighted by Crippen LogP contribution is 2.24. The van der Waals surface area contributed by atoms with Crippen molar-refractivity contribution in [1.29, 1.82) is 5.26 Å². The zero-order valence-corrected chi connectivity index (χ0v) is 11.1. The van der Waals surface area contributed by atoms with E-state index in [2.05, 4.69) is 11.4 Å². The van der Waals surface area contributed by atoms with E-state index in [1.54, 1.807) is 13.2 Å². The summed E-state index contributed by atoms with van der Waals surface area (Å²) in [6.45, 7) is 3.90. The number of anilines is 1. The second-order valence-corrected chi connectivity index (χ2v) is 4.88. The van der Waals surface area contributed by atoms with E-state index < -0.39 is 0 Å². The van der Waals surface area contributed by atoms with Crippen LogP contribution in [0.4, 0.5) is 5.69 Å². The fourth-order valence-electron chi connectivity index (χ4n) is 1.47. The maximum absolute atomic E-state index is 9.13. The molecule has 0 saturated carbocycles. The van der Waals surface area contributed by atoms with Gasteiger partial charge in [0.05, 0.1) is 22.4 Å². The Morgan fingerprint density at radius 1 is 1.47 bits per heavy atom. The van der Waals surface area contributed by atoms with Crippen molar-refractivity contribution in [2.75, 3.05) is 12.4 Å². The third-order valence-corrected chi connectivity index (χ3v) is 2.94. The van der Waals surface area contributed by atoms with E-state index in [0.29, 0.717) is 11.4 Å². The van der Waals surface area contributed by atoms with E-state index in [4.69, 9.17) is 21.6 Å². The molecular formula is C13H17ClN2O. The average Bonchev–Trinajstić information content (AvgIpc) is 2.31. The maximum Gasteiger partial charge on any atom is 0.117 e. The number of nitrogens with one attached hydrogen (secondary N) is 1. The van der Waals surface area contributed by atoms with Gasteiger partial charge in [-0.3, -0.25) is 0 Å². The van der Waals surface area contributed by atoms with Gasteiger partial charge in [-0.05, 0) is 26.0 Å². The number of halogens is 1. The van der Waals surface area contributed by atoms with Gasteiger partial charge >= 0.3 is 0 Å². The second kappa shape index (κ2) is 5.90. The second-order valence-electron chi connectivity index (χ2n) is 4.47. The van der Waals surface area contributed by atoms with Crippen molar-refractivity contribution in [2.24, 2.45) is 0 Å². The number of methoxy groups -OCH3 is 1. The Morgan fingerprint density at radius 3 is 2.65 bits per heavy atom. The minimum absolute atomic E-state index is 0.329. The van der Waals surface area contributed by atoms with Crippen LogP contribution in [0.1, 0.15) is 20.3 Å². The molecule has 0 spiro atoms. The molecule has 0 radical (unpaired) electrons. The zero-order chi connectivity index (χ0) is 12.9. The van der Waals surface area contributed by atoms with Crippen molar-refractivity contribution in [3.8, 4) is 6.07 Å². The molecule has 4 heteroatoms. The van der Waals surface area contributed by atoms with E-state index in [0.717, 1.165) is 5.69 Å². The summed E-state index contributed by atoms with van der Waals surface area (Å²) in [4.78, 5) is 0. The third-order valence-electron chi connectivity index (χ3n) is 2.61. The van der Waals surface area contributed by atoms with Gasteiger partial charge < -0.3 is 10.1 Å². The number of hydrogen-bond donors (Lipinski definition) is 1. The molecule has 1 N–H and O–H groups in total. The highest BCUT2D eigenvalue weighted by atomic mass is 35.5. The Bertz CT molecular complexity index is 412. The largest absolute Gasteiger partial charge is 0.379 e. The van der Waals surface area contributed by atoms with Crippen LogP contribution in [0.2, 0.25) is 5.02 Å². The van der Waals surface area contributed by atoms with Gasteiger partial charge in [0, 0.05) is 13.5 Å². The minimum Gasteiger partial charge on any atom is -0.379 e. The summed E-state index contributed by atoms with van der Waals surface area (Å²) in [5.74, 6) is 0. The number of benzene rings is 1. The van der Waals surface area contributed by atoms with Crippen LogP contribution < -0.4 is 5.32 Å². The van der Waals surface area contributed by atoms with Crippen LogP contribution in [0.15, 0.2) is 24.3 Å². The van der Waals surface area contributed by atoms with Crippen LogP contribution in [-0.4, -0.2) is 18.8 Å². The summed E-state index contributed by atoms with van der Waals surface area (Å²) in [6.07, 6.45) is 0.589. The lowest BCUT2D eigenvalue weighted by Gasteiger charge is -2.26. The quantitative estimate of drug-likeness (QED) is 0.873. The van der Waals surface area contributed by atoms with E-state index in [1.807, 2.05) is 32.0 Å². The Labute approximate surface area is 107 Å². The Hall–Kier alpha value is -1.24. The van der Waals surface area contributed by atoms with Crippen LogP contribution in [0.5, 0.6) is 0 Å². The minimum atomic E-state index is -0.339. The molecular weight excluding hydrogens is 236 g/mol. The van der Waals surface area contributed by atoms with Crippen molar-refractivity contribution in [2.45, 2.75) is 31.9 Å². The molecule has 0 bridgehead atoms. The number of ether oxygens (including phenoxy) is 1. The van der Waals surface area contributed by atoms with Crippen molar-refractivity contribution < 1.29 is 4.74 Å². The van der Waals surface area contributed by atoms with Gasteiger partial charge in [-0.1, -0.05) is 23.7 Å². The van der Waals surface area contributed by atoms with Crippen LogP contribution in [0, 0.1) is 11.3 Å². The summed E-state index contributed by atoms with van der Waals surface area (Å²) in [5, 5.41) is 12.9. The van der Waals surface area contributed by atoms with Crippen LogP contribution in [-0.2, 0) is 4.74 Å². The Morgan fingerprint density at radius 2 is 2.12 bits per heavy atom. The normalized spacial score (nSPS) is 12.9. The predicted molar refractivity (Wildman–Crippen MR) is 70.2 cm³/mol. The van der Waals surface area contributed by atoms with Gasteiger partial charge in [-0.15, -0.1) is 0 Å². The maximum atomic E-state index is 9.13. The van der Waals surface area contributed by atoms with E-state index in [-0.39, 0.29) is 11.6 Å². The van der Waals surface area contributed by atoms with E-state index >= 15 is 0 Å². The van der Waals surface area contributed by atoms with Gasteiger partial charge in [0.2, 0.25) is 0 Å². The fraction of sp³-hybridized carbons (Fsp3) is 0.462. The van der Waals surface area contributed by atoms with Crippen molar-refractivity contribution in [1.82, 2.24) is 0 Å². The summed E-state index contributed by atoms with van der Waals surface area (Å²) >= 11 is 6.03. The first kappa shape index (κ1) is 13.8. The first-order valence-corrected chi connectivity index (χ1v) is 5.82. The molecule has 0 aliphatic carbocycles. The monoisotopic (exact) mass is 252 g/mol. The summed E-state index contributed by atoms with van der Waals surface area (Å²) in [6, 6.07) is 9.27. The molecule has 0 fully saturated rings. The molecule has 0 heterocycles. The van der Waals surface area contributed by atoms with Crippen LogP contribution in [0.25, 0.3) is 0 Å². The van der Waals surface area contributed by atoms with E-state index in [9.17, 15) is 0 Å². The summed E-state index contributed by atoms with van der Waals surface area (Å²) in [5.41, 5.74) is 0.432. The predicted octanol–water partition coefficient (Wildman–Crippen LogP) is 3.46. The zero-order valence-electron chi connectivity index (χ0n) is 10.3. The Balaban J connectivity index is 2.72. The number of nitrogens with zero attached hydrogens (tertiary/aromatic N) is 1. The smallest absolute Gasteiger partial charge is 0.117 e. The molecule has 0 aliphatic rings. The first-order chi connectivity index (χ1) is 7.98. The third kappa shape index (κ3) is 4.26. The lowest BCUT2D eigenvalue weighted by Crippen LogP contribution is -2.32.